The van der Waals surface area contributed by atoms with Crippen molar-refractivity contribution in [2.75, 3.05) is 0 Å². The van der Waals surface area contributed by atoms with Crippen LogP contribution in [0.4, 0.5) is 0 Å². The zero-order valence-corrected chi connectivity index (χ0v) is 12.7. The van der Waals surface area contributed by atoms with E-state index in [1.807, 2.05) is 26.0 Å². The molecule has 1 heterocycles. The summed E-state index contributed by atoms with van der Waals surface area (Å²) in [5.41, 5.74) is 4.92. The summed E-state index contributed by atoms with van der Waals surface area (Å²) in [6, 6.07) is 10.3. The fourth-order valence-corrected chi connectivity index (χ4v) is 2.95. The summed E-state index contributed by atoms with van der Waals surface area (Å²) in [5, 5.41) is 19.1. The molecular formula is C18H22N2O. The van der Waals surface area contributed by atoms with Gasteiger partial charge in [0, 0.05) is 5.56 Å². The van der Waals surface area contributed by atoms with E-state index in [1.165, 1.54) is 24.8 Å². The number of hydrogen-bond donors (Lipinski definition) is 1. The van der Waals surface area contributed by atoms with Gasteiger partial charge in [-0.15, -0.1) is 0 Å². The zero-order chi connectivity index (χ0) is 14.8. The largest absolute Gasteiger partial charge is 0.384 e. The Bertz CT molecular complexity index is 635. The van der Waals surface area contributed by atoms with E-state index in [4.69, 9.17) is 0 Å². The fourth-order valence-electron chi connectivity index (χ4n) is 2.95. The van der Waals surface area contributed by atoms with Crippen LogP contribution in [-0.4, -0.2) is 15.3 Å². The third-order valence-corrected chi connectivity index (χ3v) is 4.46. The van der Waals surface area contributed by atoms with Gasteiger partial charge < -0.3 is 5.11 Å². The minimum atomic E-state index is -0.617. The number of nitrogens with zero attached hydrogens (tertiary/aromatic N) is 2. The lowest BCUT2D eigenvalue weighted by molar-refractivity contribution is 0.218. The smallest absolute Gasteiger partial charge is 0.106 e. The number of aliphatic hydroxyl groups excluding tert-OH is 1. The highest BCUT2D eigenvalue weighted by Crippen LogP contribution is 2.37. The van der Waals surface area contributed by atoms with Gasteiger partial charge in [-0.2, -0.15) is 10.2 Å². The monoisotopic (exact) mass is 282 g/mol. The minimum absolute atomic E-state index is 0.617. The summed E-state index contributed by atoms with van der Waals surface area (Å²) >= 11 is 0. The summed E-state index contributed by atoms with van der Waals surface area (Å²) in [6.07, 6.45) is 4.03. The first-order chi connectivity index (χ1) is 10.2. The van der Waals surface area contributed by atoms with Crippen LogP contribution in [0.25, 0.3) is 0 Å². The average molecular weight is 282 g/mol. The predicted octanol–water partition coefficient (Wildman–Crippen LogP) is 3.70. The van der Waals surface area contributed by atoms with E-state index in [0.29, 0.717) is 5.92 Å². The quantitative estimate of drug-likeness (QED) is 0.930. The standard InChI is InChI=1S/C18H22N2O/c1-3-17-16(10-12(2)19-20-17)18(21)15-9-5-8-14(11-15)13-6-4-7-13/h5,8-11,13,18,21H,3-4,6-7H2,1-2H3. The van der Waals surface area contributed by atoms with Crippen LogP contribution in [0, 0.1) is 6.92 Å². The van der Waals surface area contributed by atoms with Crippen LogP contribution in [0.5, 0.6) is 0 Å². The summed E-state index contributed by atoms with van der Waals surface area (Å²) in [7, 11) is 0. The number of aryl methyl sites for hydroxylation is 2. The van der Waals surface area contributed by atoms with Gasteiger partial charge in [0.05, 0.1) is 11.4 Å². The van der Waals surface area contributed by atoms with Gasteiger partial charge in [0.1, 0.15) is 6.10 Å². The minimum Gasteiger partial charge on any atom is -0.384 e. The summed E-state index contributed by atoms with van der Waals surface area (Å²) in [4.78, 5) is 0. The highest BCUT2D eigenvalue weighted by atomic mass is 16.3. The lowest BCUT2D eigenvalue weighted by Crippen LogP contribution is -2.11. The Kier molecular flexibility index (Phi) is 4.02. The van der Waals surface area contributed by atoms with Crippen LogP contribution in [-0.2, 0) is 6.42 Å². The molecular weight excluding hydrogens is 260 g/mol. The molecule has 3 rings (SSSR count). The van der Waals surface area contributed by atoms with E-state index in [1.54, 1.807) is 0 Å². The molecule has 21 heavy (non-hydrogen) atoms. The molecule has 1 aromatic heterocycles. The Morgan fingerprint density at radius 3 is 2.71 bits per heavy atom. The Morgan fingerprint density at radius 1 is 1.24 bits per heavy atom. The number of aliphatic hydroxyl groups is 1. The molecule has 2 aromatic rings. The van der Waals surface area contributed by atoms with Gasteiger partial charge in [-0.3, -0.25) is 0 Å². The average Bonchev–Trinajstić information content (AvgIpc) is 2.45. The Balaban J connectivity index is 1.94. The number of benzene rings is 1. The van der Waals surface area contributed by atoms with Crippen molar-refractivity contribution in [2.45, 2.75) is 51.6 Å². The van der Waals surface area contributed by atoms with Gasteiger partial charge in [0.25, 0.3) is 0 Å². The molecule has 3 nitrogen and oxygen atoms in total. The number of hydrogen-bond acceptors (Lipinski definition) is 3. The second-order valence-electron chi connectivity index (χ2n) is 5.94. The van der Waals surface area contributed by atoms with Crippen LogP contribution in [0.2, 0.25) is 0 Å². The van der Waals surface area contributed by atoms with Crippen LogP contribution in [0.15, 0.2) is 30.3 Å². The third kappa shape index (κ3) is 2.84. The van der Waals surface area contributed by atoms with Crippen molar-refractivity contribution in [3.8, 4) is 0 Å². The van der Waals surface area contributed by atoms with Crippen molar-refractivity contribution in [3.63, 3.8) is 0 Å². The van der Waals surface area contributed by atoms with E-state index in [0.717, 1.165) is 28.9 Å². The van der Waals surface area contributed by atoms with E-state index >= 15 is 0 Å². The van der Waals surface area contributed by atoms with Crippen LogP contribution in [0.1, 0.15) is 66.3 Å². The molecule has 0 bridgehead atoms. The number of aromatic nitrogens is 2. The van der Waals surface area contributed by atoms with E-state index < -0.39 is 6.10 Å². The van der Waals surface area contributed by atoms with Crippen LogP contribution < -0.4 is 0 Å². The molecule has 0 amide bonds. The van der Waals surface area contributed by atoms with E-state index in [2.05, 4.69) is 28.4 Å². The molecule has 1 unspecified atom stereocenters. The van der Waals surface area contributed by atoms with Gasteiger partial charge in [-0.25, -0.2) is 0 Å². The molecule has 1 fully saturated rings. The van der Waals surface area contributed by atoms with Crippen molar-refractivity contribution in [1.29, 1.82) is 0 Å². The maximum atomic E-state index is 10.8. The lowest BCUT2D eigenvalue weighted by Gasteiger charge is -2.26. The molecule has 1 aliphatic carbocycles. The van der Waals surface area contributed by atoms with Crippen molar-refractivity contribution in [3.05, 3.63) is 58.4 Å². The first-order valence-corrected chi connectivity index (χ1v) is 7.80. The predicted molar refractivity (Wildman–Crippen MR) is 83.2 cm³/mol. The van der Waals surface area contributed by atoms with Crippen molar-refractivity contribution < 1.29 is 5.11 Å². The third-order valence-electron chi connectivity index (χ3n) is 4.46. The Morgan fingerprint density at radius 2 is 2.05 bits per heavy atom. The maximum Gasteiger partial charge on any atom is 0.106 e. The molecule has 0 radical (unpaired) electrons. The molecule has 0 spiro atoms. The van der Waals surface area contributed by atoms with Crippen molar-refractivity contribution in [2.24, 2.45) is 0 Å². The second-order valence-corrected chi connectivity index (χ2v) is 5.94. The van der Waals surface area contributed by atoms with Crippen molar-refractivity contribution >= 4 is 0 Å². The van der Waals surface area contributed by atoms with Gasteiger partial charge in [0.15, 0.2) is 0 Å². The van der Waals surface area contributed by atoms with Crippen LogP contribution >= 0.6 is 0 Å². The molecule has 1 aliphatic rings. The summed E-state index contributed by atoms with van der Waals surface area (Å²) in [5.74, 6) is 0.681. The molecule has 3 heteroatoms. The second kappa shape index (κ2) is 5.94. The maximum absolute atomic E-state index is 10.8. The van der Waals surface area contributed by atoms with Gasteiger partial charge in [-0.1, -0.05) is 37.6 Å². The highest BCUT2D eigenvalue weighted by Gasteiger charge is 2.21. The van der Waals surface area contributed by atoms with E-state index in [9.17, 15) is 5.11 Å². The molecule has 1 atom stereocenters. The molecule has 1 N–H and O–H groups in total. The fraction of sp³-hybridized carbons (Fsp3) is 0.444. The summed E-state index contributed by atoms with van der Waals surface area (Å²) in [6.45, 7) is 3.95. The Labute approximate surface area is 126 Å². The molecule has 110 valence electrons. The molecule has 1 saturated carbocycles. The normalized spacial score (nSPS) is 16.5. The molecule has 0 saturated heterocycles. The van der Waals surface area contributed by atoms with Gasteiger partial charge in [-0.05, 0) is 49.3 Å². The SMILES string of the molecule is CCc1nnc(C)cc1C(O)c1cccc(C2CCC2)c1. The highest BCUT2D eigenvalue weighted by molar-refractivity contribution is 5.36. The van der Waals surface area contributed by atoms with Gasteiger partial charge >= 0.3 is 0 Å². The topological polar surface area (TPSA) is 46.0 Å². The van der Waals surface area contributed by atoms with E-state index in [-0.39, 0.29) is 0 Å². The lowest BCUT2D eigenvalue weighted by atomic mass is 9.79. The summed E-state index contributed by atoms with van der Waals surface area (Å²) < 4.78 is 0. The molecule has 0 aliphatic heterocycles. The molecule has 1 aromatic carbocycles. The van der Waals surface area contributed by atoms with Crippen LogP contribution in [0.3, 0.4) is 0 Å². The van der Waals surface area contributed by atoms with Crippen molar-refractivity contribution in [1.82, 2.24) is 10.2 Å². The first-order valence-electron chi connectivity index (χ1n) is 7.80. The van der Waals surface area contributed by atoms with Gasteiger partial charge in [0.2, 0.25) is 0 Å². The Hall–Kier alpha value is -1.74. The zero-order valence-electron chi connectivity index (χ0n) is 12.7. The first kappa shape index (κ1) is 14.2. The number of rotatable bonds is 4.